The summed E-state index contributed by atoms with van der Waals surface area (Å²) in [7, 11) is 3.15. The van der Waals surface area contributed by atoms with E-state index < -0.39 is 0 Å². The number of carbonyl (C=O) groups excluding carboxylic acids is 1. The van der Waals surface area contributed by atoms with Crippen LogP contribution in [-0.2, 0) is 13.2 Å². The maximum atomic E-state index is 12.3. The minimum Gasteiger partial charge on any atom is -0.493 e. The van der Waals surface area contributed by atoms with Gasteiger partial charge < -0.3 is 23.9 Å². The van der Waals surface area contributed by atoms with Gasteiger partial charge in [-0.3, -0.25) is 4.79 Å². The van der Waals surface area contributed by atoms with Gasteiger partial charge in [0.25, 0.3) is 5.91 Å². The Hall–Kier alpha value is -2.93. The Morgan fingerprint density at radius 2 is 1.79 bits per heavy atom. The van der Waals surface area contributed by atoms with Crippen LogP contribution in [0.2, 0.25) is 0 Å². The number of hydrogen-bond acceptors (Lipinski definition) is 5. The van der Waals surface area contributed by atoms with Crippen LogP contribution in [0.5, 0.6) is 17.2 Å². The highest BCUT2D eigenvalue weighted by Gasteiger charge is 2.12. The van der Waals surface area contributed by atoms with Crippen LogP contribution in [0.15, 0.2) is 63.5 Å². The molecule has 0 radical (unpaired) electrons. The van der Waals surface area contributed by atoms with Crippen molar-refractivity contribution in [1.29, 1.82) is 0 Å². The molecule has 0 bridgehead atoms. The molecule has 0 saturated carbocycles. The van der Waals surface area contributed by atoms with Crippen molar-refractivity contribution in [2.24, 2.45) is 0 Å². The van der Waals surface area contributed by atoms with Gasteiger partial charge in [0.2, 0.25) is 0 Å². The summed E-state index contributed by atoms with van der Waals surface area (Å²) < 4.78 is 22.6. The lowest BCUT2D eigenvalue weighted by Gasteiger charge is -2.10. The van der Waals surface area contributed by atoms with Gasteiger partial charge in [-0.05, 0) is 57.9 Å². The molecule has 28 heavy (non-hydrogen) atoms. The van der Waals surface area contributed by atoms with Crippen molar-refractivity contribution in [2.75, 3.05) is 14.2 Å². The van der Waals surface area contributed by atoms with Gasteiger partial charge in [-0.15, -0.1) is 0 Å². The SMILES string of the molecule is COc1ccc(CNC(=O)c2ccc(COc3ccccc3Br)o2)cc1OC. The number of para-hydroxylation sites is 1. The van der Waals surface area contributed by atoms with Crippen molar-refractivity contribution in [1.82, 2.24) is 5.32 Å². The molecule has 0 spiro atoms. The molecule has 3 rings (SSSR count). The van der Waals surface area contributed by atoms with Crippen LogP contribution in [0, 0.1) is 0 Å². The first-order chi connectivity index (χ1) is 13.6. The quantitative estimate of drug-likeness (QED) is 0.549. The Labute approximate surface area is 171 Å². The molecule has 146 valence electrons. The van der Waals surface area contributed by atoms with Crippen LogP contribution in [0.3, 0.4) is 0 Å². The van der Waals surface area contributed by atoms with Crippen LogP contribution < -0.4 is 19.5 Å². The second-order valence-electron chi connectivity index (χ2n) is 5.86. The van der Waals surface area contributed by atoms with Crippen molar-refractivity contribution in [2.45, 2.75) is 13.2 Å². The van der Waals surface area contributed by atoms with Crippen molar-refractivity contribution in [3.63, 3.8) is 0 Å². The van der Waals surface area contributed by atoms with Crippen molar-refractivity contribution in [3.8, 4) is 17.2 Å². The number of rotatable bonds is 8. The molecule has 3 aromatic rings. The molecule has 0 atom stereocenters. The van der Waals surface area contributed by atoms with E-state index in [1.165, 1.54) is 0 Å². The van der Waals surface area contributed by atoms with Gasteiger partial charge in [0.05, 0.1) is 18.7 Å². The number of benzene rings is 2. The lowest BCUT2D eigenvalue weighted by atomic mass is 10.2. The lowest BCUT2D eigenvalue weighted by Crippen LogP contribution is -2.22. The van der Waals surface area contributed by atoms with Crippen molar-refractivity contribution >= 4 is 21.8 Å². The Kier molecular flexibility index (Phi) is 6.60. The Morgan fingerprint density at radius 1 is 1.00 bits per heavy atom. The molecule has 0 aliphatic carbocycles. The van der Waals surface area contributed by atoms with E-state index in [2.05, 4.69) is 21.2 Å². The third-order valence-corrected chi connectivity index (χ3v) is 4.65. The number of ether oxygens (including phenoxy) is 3. The largest absolute Gasteiger partial charge is 0.493 e. The molecule has 0 unspecified atom stereocenters. The molecule has 0 aliphatic rings. The summed E-state index contributed by atoms with van der Waals surface area (Å²) in [6, 6.07) is 16.4. The molecule has 0 saturated heterocycles. The minimum absolute atomic E-state index is 0.228. The second-order valence-corrected chi connectivity index (χ2v) is 6.71. The highest BCUT2D eigenvalue weighted by atomic mass is 79.9. The number of furan rings is 1. The molecule has 1 aromatic heterocycles. The van der Waals surface area contributed by atoms with Crippen LogP contribution in [0.1, 0.15) is 21.9 Å². The zero-order chi connectivity index (χ0) is 19.9. The fourth-order valence-corrected chi connectivity index (χ4v) is 2.95. The van der Waals surface area contributed by atoms with Gasteiger partial charge in [0, 0.05) is 6.54 Å². The summed E-state index contributed by atoms with van der Waals surface area (Å²) in [5, 5.41) is 2.82. The highest BCUT2D eigenvalue weighted by molar-refractivity contribution is 9.10. The highest BCUT2D eigenvalue weighted by Crippen LogP contribution is 2.27. The van der Waals surface area contributed by atoms with Crippen LogP contribution in [-0.4, -0.2) is 20.1 Å². The zero-order valence-corrected chi connectivity index (χ0v) is 17.1. The monoisotopic (exact) mass is 445 g/mol. The van der Waals surface area contributed by atoms with Crippen LogP contribution in [0.4, 0.5) is 0 Å². The van der Waals surface area contributed by atoms with Gasteiger partial charge in [-0.2, -0.15) is 0 Å². The van der Waals surface area contributed by atoms with Gasteiger partial charge in [-0.25, -0.2) is 0 Å². The first-order valence-electron chi connectivity index (χ1n) is 8.56. The molecular weight excluding hydrogens is 426 g/mol. The summed E-state index contributed by atoms with van der Waals surface area (Å²) in [6.07, 6.45) is 0. The molecule has 0 aliphatic heterocycles. The van der Waals surface area contributed by atoms with Gasteiger partial charge in [-0.1, -0.05) is 18.2 Å². The van der Waals surface area contributed by atoms with E-state index in [0.29, 0.717) is 29.6 Å². The van der Waals surface area contributed by atoms with Gasteiger partial charge in [0.15, 0.2) is 17.3 Å². The molecular formula is C21H20BrNO5. The van der Waals surface area contributed by atoms with E-state index in [1.54, 1.807) is 32.4 Å². The topological polar surface area (TPSA) is 69.9 Å². The van der Waals surface area contributed by atoms with Crippen LogP contribution in [0.25, 0.3) is 0 Å². The van der Waals surface area contributed by atoms with Crippen LogP contribution >= 0.6 is 15.9 Å². The molecule has 1 heterocycles. The minimum atomic E-state index is -0.304. The number of methoxy groups -OCH3 is 2. The number of carbonyl (C=O) groups is 1. The first-order valence-corrected chi connectivity index (χ1v) is 9.35. The van der Waals surface area contributed by atoms with E-state index >= 15 is 0 Å². The lowest BCUT2D eigenvalue weighted by molar-refractivity contribution is 0.0919. The summed E-state index contributed by atoms with van der Waals surface area (Å²) in [4.78, 5) is 12.3. The van der Waals surface area contributed by atoms with Crippen molar-refractivity contribution < 1.29 is 23.4 Å². The van der Waals surface area contributed by atoms with E-state index in [-0.39, 0.29) is 18.3 Å². The number of nitrogens with one attached hydrogen (secondary N) is 1. The predicted octanol–water partition coefficient (Wildman–Crippen LogP) is 4.57. The van der Waals surface area contributed by atoms with Crippen molar-refractivity contribution in [3.05, 3.63) is 76.2 Å². The first kappa shape index (κ1) is 19.8. The third-order valence-electron chi connectivity index (χ3n) is 3.99. The molecule has 1 amide bonds. The van der Waals surface area contributed by atoms with E-state index in [1.807, 2.05) is 36.4 Å². The Morgan fingerprint density at radius 3 is 2.54 bits per heavy atom. The molecule has 7 heteroatoms. The summed E-state index contributed by atoms with van der Waals surface area (Å²) in [6.45, 7) is 0.564. The average molecular weight is 446 g/mol. The maximum Gasteiger partial charge on any atom is 0.287 e. The summed E-state index contributed by atoms with van der Waals surface area (Å²) in [5.41, 5.74) is 0.884. The van der Waals surface area contributed by atoms with E-state index in [0.717, 1.165) is 10.0 Å². The average Bonchev–Trinajstić information content (AvgIpc) is 3.20. The number of hydrogen-bond donors (Lipinski definition) is 1. The smallest absolute Gasteiger partial charge is 0.287 e. The van der Waals surface area contributed by atoms with E-state index in [4.69, 9.17) is 18.6 Å². The Balaban J connectivity index is 1.56. The Bertz CT molecular complexity index is 953. The number of halogens is 1. The molecule has 0 fully saturated rings. The summed E-state index contributed by atoms with van der Waals surface area (Å²) in [5.74, 6) is 2.44. The normalized spacial score (nSPS) is 10.4. The molecule has 6 nitrogen and oxygen atoms in total. The standard InChI is InChI=1S/C21H20BrNO5/c1-25-18-9-7-14(11-20(18)26-2)12-23-21(24)19-10-8-15(28-19)13-27-17-6-4-3-5-16(17)22/h3-11H,12-13H2,1-2H3,(H,23,24). The van der Waals surface area contributed by atoms with Gasteiger partial charge in [0.1, 0.15) is 18.1 Å². The fraction of sp³-hybridized carbons (Fsp3) is 0.190. The second kappa shape index (κ2) is 9.32. The molecule has 2 aromatic carbocycles. The maximum absolute atomic E-state index is 12.3. The zero-order valence-electron chi connectivity index (χ0n) is 15.5. The summed E-state index contributed by atoms with van der Waals surface area (Å²) >= 11 is 3.42. The van der Waals surface area contributed by atoms with E-state index in [9.17, 15) is 4.79 Å². The van der Waals surface area contributed by atoms with Gasteiger partial charge >= 0.3 is 0 Å². The number of amides is 1. The third kappa shape index (κ3) is 4.86. The predicted molar refractivity (Wildman–Crippen MR) is 108 cm³/mol. The molecule has 1 N–H and O–H groups in total. The fourth-order valence-electron chi connectivity index (χ4n) is 2.55.